The van der Waals surface area contributed by atoms with Crippen LogP contribution in [0.4, 0.5) is 0 Å². The topological polar surface area (TPSA) is 52.6 Å². The fraction of sp³-hybridized carbons (Fsp3) is 0.444. The lowest BCUT2D eigenvalue weighted by Crippen LogP contribution is -2.30. The SMILES string of the molecule is C/C=C/C=C/C(=O)OC1CCCC(OC(=O)/C=C/C=C/C)C1. The molecule has 1 aliphatic rings. The van der Waals surface area contributed by atoms with E-state index in [2.05, 4.69) is 0 Å². The van der Waals surface area contributed by atoms with Crippen molar-refractivity contribution in [3.05, 3.63) is 48.6 Å². The molecule has 0 radical (unpaired) electrons. The van der Waals surface area contributed by atoms with E-state index < -0.39 is 0 Å². The number of carbonyl (C=O) groups is 2. The van der Waals surface area contributed by atoms with Gasteiger partial charge in [-0.3, -0.25) is 0 Å². The van der Waals surface area contributed by atoms with Gasteiger partial charge in [-0.05, 0) is 33.1 Å². The van der Waals surface area contributed by atoms with Crippen LogP contribution >= 0.6 is 0 Å². The van der Waals surface area contributed by atoms with E-state index in [1.54, 1.807) is 24.3 Å². The van der Waals surface area contributed by atoms with Crippen LogP contribution in [0.5, 0.6) is 0 Å². The van der Waals surface area contributed by atoms with Crippen molar-refractivity contribution in [3.63, 3.8) is 0 Å². The fourth-order valence-electron chi connectivity index (χ4n) is 2.21. The molecule has 1 saturated carbocycles. The minimum Gasteiger partial charge on any atom is -0.459 e. The Bertz CT molecular complexity index is 429. The normalized spacial score (nSPS) is 22.8. The Balaban J connectivity index is 2.41. The van der Waals surface area contributed by atoms with Gasteiger partial charge in [0.25, 0.3) is 0 Å². The molecule has 0 bridgehead atoms. The van der Waals surface area contributed by atoms with Gasteiger partial charge in [0.05, 0.1) is 0 Å². The molecule has 2 atom stereocenters. The van der Waals surface area contributed by atoms with Crippen LogP contribution < -0.4 is 0 Å². The average molecular weight is 304 g/mol. The summed E-state index contributed by atoms with van der Waals surface area (Å²) in [5.74, 6) is -0.717. The largest absolute Gasteiger partial charge is 0.459 e. The highest BCUT2D eigenvalue weighted by Gasteiger charge is 2.26. The lowest BCUT2D eigenvalue weighted by molar-refractivity contribution is -0.152. The second-order valence-electron chi connectivity index (χ2n) is 5.05. The number of esters is 2. The number of hydrogen-bond donors (Lipinski definition) is 0. The summed E-state index contributed by atoms with van der Waals surface area (Å²) in [7, 11) is 0. The summed E-state index contributed by atoms with van der Waals surface area (Å²) in [6, 6.07) is 0. The fourth-order valence-corrected chi connectivity index (χ4v) is 2.21. The monoisotopic (exact) mass is 304 g/mol. The zero-order valence-electron chi connectivity index (χ0n) is 13.2. The Hall–Kier alpha value is -2.10. The first-order valence-corrected chi connectivity index (χ1v) is 7.65. The Morgan fingerprint density at radius 2 is 1.27 bits per heavy atom. The molecule has 2 unspecified atom stereocenters. The average Bonchev–Trinajstić information content (AvgIpc) is 2.48. The van der Waals surface area contributed by atoms with E-state index in [-0.39, 0.29) is 24.1 Å². The minimum atomic E-state index is -0.358. The van der Waals surface area contributed by atoms with Crippen LogP contribution in [0.3, 0.4) is 0 Å². The van der Waals surface area contributed by atoms with Gasteiger partial charge in [-0.25, -0.2) is 9.59 Å². The summed E-state index contributed by atoms with van der Waals surface area (Å²) in [4.78, 5) is 23.2. The lowest BCUT2D eigenvalue weighted by atomic mass is 9.95. The van der Waals surface area contributed by atoms with Crippen molar-refractivity contribution in [3.8, 4) is 0 Å². The van der Waals surface area contributed by atoms with Gasteiger partial charge in [0.1, 0.15) is 12.2 Å². The molecule has 1 fully saturated rings. The maximum absolute atomic E-state index is 11.6. The lowest BCUT2D eigenvalue weighted by Gasteiger charge is -2.28. The van der Waals surface area contributed by atoms with Gasteiger partial charge in [0, 0.05) is 18.6 Å². The smallest absolute Gasteiger partial charge is 0.331 e. The summed E-state index contributed by atoms with van der Waals surface area (Å²) in [6.07, 6.45) is 16.0. The van der Waals surface area contributed by atoms with Crippen molar-refractivity contribution in [2.45, 2.75) is 51.7 Å². The highest BCUT2D eigenvalue weighted by molar-refractivity contribution is 5.83. The molecule has 120 valence electrons. The van der Waals surface area contributed by atoms with E-state index in [0.29, 0.717) is 6.42 Å². The van der Waals surface area contributed by atoms with E-state index in [0.717, 1.165) is 19.3 Å². The van der Waals surface area contributed by atoms with Gasteiger partial charge in [0.2, 0.25) is 0 Å². The molecule has 1 aliphatic carbocycles. The summed E-state index contributed by atoms with van der Waals surface area (Å²) < 4.78 is 10.7. The molecule has 0 saturated heterocycles. The molecular formula is C18H24O4. The van der Waals surface area contributed by atoms with Gasteiger partial charge in [-0.1, -0.05) is 36.5 Å². The highest BCUT2D eigenvalue weighted by atomic mass is 16.6. The quantitative estimate of drug-likeness (QED) is 0.427. The van der Waals surface area contributed by atoms with Crippen LogP contribution in [-0.4, -0.2) is 24.1 Å². The molecule has 1 rings (SSSR count). The third-order valence-corrected chi connectivity index (χ3v) is 3.22. The summed E-state index contributed by atoms with van der Waals surface area (Å²) in [5.41, 5.74) is 0. The van der Waals surface area contributed by atoms with E-state index in [9.17, 15) is 9.59 Å². The summed E-state index contributed by atoms with van der Waals surface area (Å²) in [5, 5.41) is 0. The third kappa shape index (κ3) is 7.62. The van der Waals surface area contributed by atoms with E-state index in [1.165, 1.54) is 12.2 Å². The Labute approximate surface area is 132 Å². The molecule has 0 aromatic carbocycles. The van der Waals surface area contributed by atoms with Gasteiger partial charge in [0.15, 0.2) is 0 Å². The van der Waals surface area contributed by atoms with E-state index in [4.69, 9.17) is 9.47 Å². The Kier molecular flexibility index (Phi) is 8.65. The van der Waals surface area contributed by atoms with Crippen LogP contribution in [0.2, 0.25) is 0 Å². The molecule has 22 heavy (non-hydrogen) atoms. The number of hydrogen-bond acceptors (Lipinski definition) is 4. The molecule has 0 aromatic rings. The van der Waals surface area contributed by atoms with Crippen LogP contribution in [0.15, 0.2) is 48.6 Å². The van der Waals surface area contributed by atoms with Crippen molar-refractivity contribution in [2.24, 2.45) is 0 Å². The van der Waals surface area contributed by atoms with Gasteiger partial charge in [-0.15, -0.1) is 0 Å². The number of ether oxygens (including phenoxy) is 2. The van der Waals surface area contributed by atoms with Gasteiger partial charge in [-0.2, -0.15) is 0 Å². The van der Waals surface area contributed by atoms with Crippen LogP contribution in [0, 0.1) is 0 Å². The van der Waals surface area contributed by atoms with E-state index >= 15 is 0 Å². The Morgan fingerprint density at radius 3 is 1.68 bits per heavy atom. The first-order chi connectivity index (χ1) is 10.7. The highest BCUT2D eigenvalue weighted by Crippen LogP contribution is 2.24. The molecule has 0 amide bonds. The number of carbonyl (C=O) groups excluding carboxylic acids is 2. The van der Waals surface area contributed by atoms with Crippen molar-refractivity contribution in [1.29, 1.82) is 0 Å². The molecular weight excluding hydrogens is 280 g/mol. The third-order valence-electron chi connectivity index (χ3n) is 3.22. The van der Waals surface area contributed by atoms with Crippen molar-refractivity contribution in [2.75, 3.05) is 0 Å². The molecule has 0 heterocycles. The van der Waals surface area contributed by atoms with Crippen LogP contribution in [0.1, 0.15) is 39.5 Å². The van der Waals surface area contributed by atoms with Crippen molar-refractivity contribution in [1.82, 2.24) is 0 Å². The van der Waals surface area contributed by atoms with E-state index in [1.807, 2.05) is 26.0 Å². The standard InChI is InChI=1S/C18H24O4/c1-3-5-7-12-17(19)21-15-10-9-11-16(14-15)22-18(20)13-8-6-4-2/h3-8,12-13,15-16H,9-11,14H2,1-2H3/b5-3+,6-4+,12-7+,13-8+. The Morgan fingerprint density at radius 1 is 0.818 bits per heavy atom. The van der Waals surface area contributed by atoms with Crippen LogP contribution in [-0.2, 0) is 19.1 Å². The second kappa shape index (κ2) is 10.6. The zero-order valence-corrected chi connectivity index (χ0v) is 13.2. The predicted octanol–water partition coefficient (Wildman–Crippen LogP) is 3.65. The molecule has 0 N–H and O–H groups in total. The van der Waals surface area contributed by atoms with Crippen molar-refractivity contribution >= 4 is 11.9 Å². The minimum absolute atomic E-state index is 0.186. The van der Waals surface area contributed by atoms with Gasteiger partial charge < -0.3 is 9.47 Å². The molecule has 4 heteroatoms. The molecule has 0 spiro atoms. The van der Waals surface area contributed by atoms with Crippen LogP contribution in [0.25, 0.3) is 0 Å². The zero-order chi connectivity index (χ0) is 16.2. The summed E-state index contributed by atoms with van der Waals surface area (Å²) in [6.45, 7) is 3.75. The van der Waals surface area contributed by atoms with Crippen molar-refractivity contribution < 1.29 is 19.1 Å². The molecule has 0 aliphatic heterocycles. The molecule has 0 aromatic heterocycles. The predicted molar refractivity (Wildman–Crippen MR) is 86.1 cm³/mol. The van der Waals surface area contributed by atoms with Gasteiger partial charge >= 0.3 is 11.9 Å². The molecule has 4 nitrogen and oxygen atoms in total. The maximum atomic E-state index is 11.6. The maximum Gasteiger partial charge on any atom is 0.331 e. The summed E-state index contributed by atoms with van der Waals surface area (Å²) >= 11 is 0. The number of rotatable bonds is 6. The first-order valence-electron chi connectivity index (χ1n) is 7.65. The first kappa shape index (κ1) is 18.0. The number of allylic oxidation sites excluding steroid dienone is 6. The second-order valence-corrected chi connectivity index (χ2v) is 5.05.